The van der Waals surface area contributed by atoms with Gasteiger partial charge in [0, 0.05) is 30.7 Å². The average molecular weight is 255 g/mol. The summed E-state index contributed by atoms with van der Waals surface area (Å²) in [6.07, 6.45) is 5.86. The number of hydrogen-bond donors (Lipinski definition) is 2. The van der Waals surface area contributed by atoms with Gasteiger partial charge >= 0.3 is 0 Å². The van der Waals surface area contributed by atoms with Crippen molar-refractivity contribution in [2.75, 3.05) is 13.1 Å². The van der Waals surface area contributed by atoms with E-state index in [9.17, 15) is 0 Å². The third-order valence-electron chi connectivity index (χ3n) is 3.06. The Labute approximate surface area is 107 Å². The standard InChI is InChI=1S/C12H21N3OS/c1-2-11-7-15-12(17-11)8-14-6-10-4-3-9(5-13)16-10/h7,9-10,14H,2-6,8,13H2,1H3. The molecular weight excluding hydrogens is 234 g/mol. The summed E-state index contributed by atoms with van der Waals surface area (Å²) in [5.41, 5.74) is 5.58. The van der Waals surface area contributed by atoms with Crippen molar-refractivity contribution in [3.63, 3.8) is 0 Å². The van der Waals surface area contributed by atoms with Gasteiger partial charge in [0.25, 0.3) is 0 Å². The Bertz CT molecular complexity index is 342. The second kappa shape index (κ2) is 6.44. The number of aryl methyl sites for hydroxylation is 1. The first kappa shape index (κ1) is 13.0. The molecule has 0 aliphatic carbocycles. The fourth-order valence-corrected chi connectivity index (χ4v) is 2.87. The number of ether oxygens (including phenoxy) is 1. The van der Waals surface area contributed by atoms with E-state index in [0.717, 1.165) is 37.4 Å². The van der Waals surface area contributed by atoms with Gasteiger partial charge in [-0.1, -0.05) is 6.92 Å². The molecule has 1 aromatic heterocycles. The van der Waals surface area contributed by atoms with Gasteiger partial charge in [0.05, 0.1) is 12.2 Å². The summed E-state index contributed by atoms with van der Waals surface area (Å²) in [7, 11) is 0. The molecule has 0 spiro atoms. The summed E-state index contributed by atoms with van der Waals surface area (Å²) in [6, 6.07) is 0. The molecule has 17 heavy (non-hydrogen) atoms. The van der Waals surface area contributed by atoms with Crippen molar-refractivity contribution in [3.8, 4) is 0 Å². The molecule has 2 unspecified atom stereocenters. The molecule has 3 N–H and O–H groups in total. The number of hydrogen-bond acceptors (Lipinski definition) is 5. The van der Waals surface area contributed by atoms with Gasteiger partial charge in [-0.15, -0.1) is 11.3 Å². The molecule has 1 saturated heterocycles. The second-order valence-corrected chi connectivity index (χ2v) is 5.60. The van der Waals surface area contributed by atoms with Crippen LogP contribution in [0.4, 0.5) is 0 Å². The van der Waals surface area contributed by atoms with Crippen LogP contribution in [0.5, 0.6) is 0 Å². The van der Waals surface area contributed by atoms with Gasteiger partial charge in [0.15, 0.2) is 0 Å². The second-order valence-electron chi connectivity index (χ2n) is 4.40. The molecule has 1 fully saturated rings. The maximum atomic E-state index is 5.77. The maximum absolute atomic E-state index is 5.77. The first-order chi connectivity index (χ1) is 8.31. The highest BCUT2D eigenvalue weighted by atomic mass is 32.1. The van der Waals surface area contributed by atoms with Crippen LogP contribution in [0.2, 0.25) is 0 Å². The summed E-state index contributed by atoms with van der Waals surface area (Å²) in [5.74, 6) is 0. The molecule has 5 heteroatoms. The Morgan fingerprint density at radius 3 is 3.00 bits per heavy atom. The lowest BCUT2D eigenvalue weighted by atomic mass is 10.2. The summed E-state index contributed by atoms with van der Waals surface area (Å²) in [5, 5.41) is 4.57. The van der Waals surface area contributed by atoms with Gasteiger partial charge in [-0.25, -0.2) is 4.98 Å². The molecule has 1 aliphatic rings. The maximum Gasteiger partial charge on any atom is 0.107 e. The number of thiazole rings is 1. The predicted molar refractivity (Wildman–Crippen MR) is 70.1 cm³/mol. The van der Waals surface area contributed by atoms with Crippen LogP contribution in [-0.4, -0.2) is 30.3 Å². The fraction of sp³-hybridized carbons (Fsp3) is 0.750. The number of nitrogens with zero attached hydrogens (tertiary/aromatic N) is 1. The Morgan fingerprint density at radius 1 is 1.53 bits per heavy atom. The van der Waals surface area contributed by atoms with E-state index in [1.54, 1.807) is 11.3 Å². The molecule has 0 bridgehead atoms. The Balaban J connectivity index is 1.66. The van der Waals surface area contributed by atoms with E-state index in [0.29, 0.717) is 12.6 Å². The van der Waals surface area contributed by atoms with Crippen LogP contribution in [0.3, 0.4) is 0 Å². The molecular formula is C12H21N3OS. The van der Waals surface area contributed by atoms with E-state index in [1.165, 1.54) is 4.88 Å². The van der Waals surface area contributed by atoms with Crippen LogP contribution in [0.1, 0.15) is 29.7 Å². The largest absolute Gasteiger partial charge is 0.372 e. The van der Waals surface area contributed by atoms with Gasteiger partial charge in [-0.05, 0) is 19.3 Å². The van der Waals surface area contributed by atoms with E-state index in [-0.39, 0.29) is 6.10 Å². The number of nitrogens with one attached hydrogen (secondary N) is 1. The Kier molecular flexibility index (Phi) is 4.91. The fourth-order valence-electron chi connectivity index (χ4n) is 2.04. The third kappa shape index (κ3) is 3.74. The number of rotatable bonds is 6. The van der Waals surface area contributed by atoms with Crippen LogP contribution in [0.25, 0.3) is 0 Å². The van der Waals surface area contributed by atoms with Crippen molar-refractivity contribution >= 4 is 11.3 Å². The Hall–Kier alpha value is -0.490. The van der Waals surface area contributed by atoms with Crippen LogP contribution >= 0.6 is 11.3 Å². The van der Waals surface area contributed by atoms with Crippen molar-refractivity contribution in [1.82, 2.24) is 10.3 Å². The molecule has 1 aromatic rings. The molecule has 4 nitrogen and oxygen atoms in total. The van der Waals surface area contributed by atoms with Gasteiger partial charge in [-0.3, -0.25) is 0 Å². The molecule has 2 atom stereocenters. The summed E-state index contributed by atoms with van der Waals surface area (Å²) >= 11 is 1.79. The normalized spacial score (nSPS) is 24.4. The van der Waals surface area contributed by atoms with Gasteiger partial charge in [0.1, 0.15) is 5.01 Å². The lowest BCUT2D eigenvalue weighted by Gasteiger charge is -2.12. The van der Waals surface area contributed by atoms with Gasteiger partial charge < -0.3 is 15.8 Å². The zero-order valence-electron chi connectivity index (χ0n) is 10.3. The van der Waals surface area contributed by atoms with Crippen LogP contribution < -0.4 is 11.1 Å². The lowest BCUT2D eigenvalue weighted by Crippen LogP contribution is -2.28. The topological polar surface area (TPSA) is 60.2 Å². The first-order valence-electron chi connectivity index (χ1n) is 6.31. The van der Waals surface area contributed by atoms with Gasteiger partial charge in [0.2, 0.25) is 0 Å². The summed E-state index contributed by atoms with van der Waals surface area (Å²) in [4.78, 5) is 5.73. The molecule has 0 amide bonds. The molecule has 1 aliphatic heterocycles. The number of nitrogens with two attached hydrogens (primary N) is 1. The van der Waals surface area contributed by atoms with Crippen LogP contribution in [0, 0.1) is 0 Å². The van der Waals surface area contributed by atoms with E-state index >= 15 is 0 Å². The van der Waals surface area contributed by atoms with E-state index < -0.39 is 0 Å². The van der Waals surface area contributed by atoms with Crippen molar-refractivity contribution in [1.29, 1.82) is 0 Å². The minimum absolute atomic E-state index is 0.272. The van der Waals surface area contributed by atoms with Crippen molar-refractivity contribution in [2.45, 2.75) is 44.9 Å². The third-order valence-corrected chi connectivity index (χ3v) is 4.20. The van der Waals surface area contributed by atoms with Gasteiger partial charge in [-0.2, -0.15) is 0 Å². The quantitative estimate of drug-likeness (QED) is 0.804. The average Bonchev–Trinajstić information content (AvgIpc) is 2.97. The SMILES string of the molecule is CCc1cnc(CNCC2CCC(CN)O2)s1. The highest BCUT2D eigenvalue weighted by Crippen LogP contribution is 2.18. The highest BCUT2D eigenvalue weighted by molar-refractivity contribution is 7.11. The lowest BCUT2D eigenvalue weighted by molar-refractivity contribution is 0.0503. The van der Waals surface area contributed by atoms with E-state index in [1.807, 2.05) is 6.20 Å². The predicted octanol–water partition coefficient (Wildman–Crippen LogP) is 1.30. The summed E-state index contributed by atoms with van der Waals surface area (Å²) < 4.78 is 5.77. The van der Waals surface area contributed by atoms with Crippen molar-refractivity contribution in [3.05, 3.63) is 16.1 Å². The highest BCUT2D eigenvalue weighted by Gasteiger charge is 2.23. The zero-order valence-corrected chi connectivity index (χ0v) is 11.1. The minimum atomic E-state index is 0.272. The van der Waals surface area contributed by atoms with Crippen LogP contribution in [0.15, 0.2) is 6.20 Å². The molecule has 0 radical (unpaired) electrons. The molecule has 2 rings (SSSR count). The summed E-state index contributed by atoms with van der Waals surface area (Å²) in [6.45, 7) is 4.54. The number of aromatic nitrogens is 1. The minimum Gasteiger partial charge on any atom is -0.372 e. The smallest absolute Gasteiger partial charge is 0.107 e. The first-order valence-corrected chi connectivity index (χ1v) is 7.13. The van der Waals surface area contributed by atoms with Crippen molar-refractivity contribution < 1.29 is 4.74 Å². The monoisotopic (exact) mass is 255 g/mol. The molecule has 2 heterocycles. The molecule has 96 valence electrons. The van der Waals surface area contributed by atoms with E-state index in [2.05, 4.69) is 17.2 Å². The van der Waals surface area contributed by atoms with Crippen molar-refractivity contribution in [2.24, 2.45) is 5.73 Å². The zero-order chi connectivity index (χ0) is 12.1. The molecule has 0 aromatic carbocycles. The molecule has 0 saturated carbocycles. The van der Waals surface area contributed by atoms with E-state index in [4.69, 9.17) is 10.5 Å². The Morgan fingerprint density at radius 2 is 2.35 bits per heavy atom. The van der Waals surface area contributed by atoms with Crippen LogP contribution in [-0.2, 0) is 17.7 Å².